The minimum atomic E-state index is -0.166. The van der Waals surface area contributed by atoms with Crippen molar-refractivity contribution in [3.8, 4) is 0 Å². The second kappa shape index (κ2) is 7.08. The van der Waals surface area contributed by atoms with Gasteiger partial charge < -0.3 is 10.3 Å². The van der Waals surface area contributed by atoms with Crippen LogP contribution in [0.2, 0.25) is 0 Å². The van der Waals surface area contributed by atoms with Crippen molar-refractivity contribution in [2.45, 2.75) is 25.8 Å². The first-order valence-corrected chi connectivity index (χ1v) is 8.55. The topological polar surface area (TPSA) is 70.7 Å². The number of halogens is 1. The number of H-pyrrole nitrogens is 1. The van der Waals surface area contributed by atoms with E-state index < -0.39 is 0 Å². The van der Waals surface area contributed by atoms with Crippen molar-refractivity contribution in [1.82, 2.24) is 15.0 Å². The molecular weight excluding hydrogens is 403 g/mol. The SMILES string of the molecule is CC(CCc1ccc(I)cc1)Nc1ccc2c(=O)[nH]cnc2n1. The molecule has 2 N–H and O–H groups in total. The summed E-state index contributed by atoms with van der Waals surface area (Å²) in [6.07, 6.45) is 3.39. The molecule has 2 aromatic heterocycles. The summed E-state index contributed by atoms with van der Waals surface area (Å²) in [5.74, 6) is 0.741. The molecule has 2 heterocycles. The Morgan fingerprint density at radius 2 is 2.00 bits per heavy atom. The largest absolute Gasteiger partial charge is 0.368 e. The number of aromatic amines is 1. The van der Waals surface area contributed by atoms with Crippen molar-refractivity contribution in [3.63, 3.8) is 0 Å². The molecule has 0 spiro atoms. The van der Waals surface area contributed by atoms with Gasteiger partial charge >= 0.3 is 0 Å². The molecule has 5 nitrogen and oxygen atoms in total. The summed E-state index contributed by atoms with van der Waals surface area (Å²) in [7, 11) is 0. The first-order valence-electron chi connectivity index (χ1n) is 7.47. The second-order valence-corrected chi connectivity index (χ2v) is 6.76. The highest BCUT2D eigenvalue weighted by atomic mass is 127. The predicted molar refractivity (Wildman–Crippen MR) is 101 cm³/mol. The van der Waals surface area contributed by atoms with Gasteiger partial charge in [-0.1, -0.05) is 12.1 Å². The second-order valence-electron chi connectivity index (χ2n) is 5.51. The first-order chi connectivity index (χ1) is 11.1. The van der Waals surface area contributed by atoms with Gasteiger partial charge in [0.25, 0.3) is 5.56 Å². The molecule has 0 aliphatic carbocycles. The van der Waals surface area contributed by atoms with E-state index in [1.165, 1.54) is 15.5 Å². The van der Waals surface area contributed by atoms with E-state index in [2.05, 4.69) is 74.0 Å². The zero-order valence-corrected chi connectivity index (χ0v) is 14.9. The third-order valence-corrected chi connectivity index (χ3v) is 4.39. The quantitative estimate of drug-likeness (QED) is 0.622. The zero-order valence-electron chi connectivity index (χ0n) is 12.7. The lowest BCUT2D eigenvalue weighted by Crippen LogP contribution is -2.17. The van der Waals surface area contributed by atoms with Crippen LogP contribution in [-0.4, -0.2) is 21.0 Å². The minimum Gasteiger partial charge on any atom is -0.368 e. The molecule has 0 aliphatic heterocycles. The molecule has 3 aromatic rings. The Morgan fingerprint density at radius 3 is 2.78 bits per heavy atom. The number of nitrogens with zero attached hydrogens (tertiary/aromatic N) is 2. The molecule has 6 heteroatoms. The lowest BCUT2D eigenvalue weighted by Gasteiger charge is -2.14. The van der Waals surface area contributed by atoms with Crippen molar-refractivity contribution in [2.24, 2.45) is 0 Å². The van der Waals surface area contributed by atoms with Crippen LogP contribution < -0.4 is 10.9 Å². The average Bonchev–Trinajstić information content (AvgIpc) is 2.54. The molecule has 0 saturated heterocycles. The molecule has 0 radical (unpaired) electrons. The van der Waals surface area contributed by atoms with Gasteiger partial charge in [0.1, 0.15) is 5.82 Å². The van der Waals surface area contributed by atoms with Gasteiger partial charge in [0, 0.05) is 9.61 Å². The summed E-state index contributed by atoms with van der Waals surface area (Å²) in [6.45, 7) is 2.13. The van der Waals surface area contributed by atoms with Crippen molar-refractivity contribution >= 4 is 39.4 Å². The maximum absolute atomic E-state index is 11.6. The van der Waals surface area contributed by atoms with Crippen LogP contribution in [0.5, 0.6) is 0 Å². The van der Waals surface area contributed by atoms with Crippen molar-refractivity contribution in [1.29, 1.82) is 0 Å². The third-order valence-electron chi connectivity index (χ3n) is 3.68. The molecule has 23 heavy (non-hydrogen) atoms. The van der Waals surface area contributed by atoms with Gasteiger partial charge in [0.05, 0.1) is 11.7 Å². The fourth-order valence-electron chi connectivity index (χ4n) is 2.39. The van der Waals surface area contributed by atoms with Gasteiger partial charge in [-0.25, -0.2) is 9.97 Å². The lowest BCUT2D eigenvalue weighted by atomic mass is 10.1. The third kappa shape index (κ3) is 4.07. The normalized spacial score (nSPS) is 12.3. The summed E-state index contributed by atoms with van der Waals surface area (Å²) in [5.41, 5.74) is 1.63. The Hall–Kier alpha value is -1.96. The van der Waals surface area contributed by atoms with Gasteiger partial charge in [-0.05, 0) is 72.2 Å². The Kier molecular flexibility index (Phi) is 4.90. The highest BCUT2D eigenvalue weighted by Gasteiger charge is 2.06. The fraction of sp³-hybridized carbons (Fsp3) is 0.235. The number of hydrogen-bond acceptors (Lipinski definition) is 4. The molecule has 1 unspecified atom stereocenters. The number of rotatable bonds is 5. The molecule has 0 fully saturated rings. The average molecular weight is 420 g/mol. The van der Waals surface area contributed by atoms with Crippen molar-refractivity contribution < 1.29 is 0 Å². The van der Waals surface area contributed by atoms with Gasteiger partial charge in [0.15, 0.2) is 5.65 Å². The lowest BCUT2D eigenvalue weighted by molar-refractivity contribution is 0.703. The molecule has 0 bridgehead atoms. The van der Waals surface area contributed by atoms with Crippen LogP contribution in [0.15, 0.2) is 47.5 Å². The summed E-state index contributed by atoms with van der Waals surface area (Å²) in [4.78, 5) is 22.7. The molecular formula is C17H17IN4O. The van der Waals surface area contributed by atoms with Crippen LogP contribution in [0.25, 0.3) is 11.0 Å². The van der Waals surface area contributed by atoms with Crippen molar-refractivity contribution in [3.05, 3.63) is 62.2 Å². The Bertz CT molecular complexity index is 860. The van der Waals surface area contributed by atoms with E-state index in [1.54, 1.807) is 6.07 Å². The first kappa shape index (κ1) is 15.9. The number of nitrogens with one attached hydrogen (secondary N) is 2. The smallest absolute Gasteiger partial charge is 0.260 e. The summed E-state index contributed by atoms with van der Waals surface area (Å²) in [5, 5.41) is 3.87. The number of hydrogen-bond donors (Lipinski definition) is 2. The van der Waals surface area contributed by atoms with Crippen LogP contribution >= 0.6 is 22.6 Å². The number of aromatic nitrogens is 3. The fourth-order valence-corrected chi connectivity index (χ4v) is 2.75. The summed E-state index contributed by atoms with van der Waals surface area (Å²) >= 11 is 2.31. The number of benzene rings is 1. The van der Waals surface area contributed by atoms with E-state index in [0.717, 1.165) is 18.7 Å². The van der Waals surface area contributed by atoms with E-state index in [0.29, 0.717) is 11.0 Å². The summed E-state index contributed by atoms with van der Waals surface area (Å²) in [6, 6.07) is 12.4. The van der Waals surface area contributed by atoms with Crippen LogP contribution in [-0.2, 0) is 6.42 Å². The van der Waals surface area contributed by atoms with E-state index in [4.69, 9.17) is 0 Å². The van der Waals surface area contributed by atoms with E-state index in [1.807, 2.05) is 6.07 Å². The van der Waals surface area contributed by atoms with Crippen LogP contribution in [0.3, 0.4) is 0 Å². The Balaban J connectivity index is 1.64. The zero-order chi connectivity index (χ0) is 16.2. The Morgan fingerprint density at radius 1 is 1.22 bits per heavy atom. The molecule has 1 atom stereocenters. The maximum Gasteiger partial charge on any atom is 0.260 e. The maximum atomic E-state index is 11.6. The van der Waals surface area contributed by atoms with Gasteiger partial charge in [-0.15, -0.1) is 0 Å². The monoisotopic (exact) mass is 420 g/mol. The number of fused-ring (bicyclic) bond motifs is 1. The Labute approximate surface area is 147 Å². The van der Waals surface area contributed by atoms with Crippen LogP contribution in [0.4, 0.5) is 5.82 Å². The predicted octanol–water partition coefficient (Wildman–Crippen LogP) is 3.36. The number of pyridine rings is 1. The van der Waals surface area contributed by atoms with Gasteiger partial charge in [-0.2, -0.15) is 0 Å². The molecule has 0 aliphatic rings. The van der Waals surface area contributed by atoms with E-state index in [-0.39, 0.29) is 11.6 Å². The number of anilines is 1. The standard InChI is InChI=1S/C17H17IN4O/c1-11(2-3-12-4-6-13(18)7-5-12)21-15-9-8-14-16(22-15)19-10-20-17(14)23/h4-11H,2-3H2,1H3,(H2,19,20,21,22,23). The van der Waals surface area contributed by atoms with Crippen LogP contribution in [0, 0.1) is 3.57 Å². The van der Waals surface area contributed by atoms with Crippen LogP contribution in [0.1, 0.15) is 18.9 Å². The molecule has 0 saturated carbocycles. The van der Waals surface area contributed by atoms with Crippen molar-refractivity contribution in [2.75, 3.05) is 5.32 Å². The molecule has 3 rings (SSSR count). The van der Waals surface area contributed by atoms with Gasteiger partial charge in [0.2, 0.25) is 0 Å². The van der Waals surface area contributed by atoms with E-state index in [9.17, 15) is 4.79 Å². The highest BCUT2D eigenvalue weighted by Crippen LogP contribution is 2.13. The number of aryl methyl sites for hydroxylation is 1. The molecule has 0 amide bonds. The van der Waals surface area contributed by atoms with E-state index >= 15 is 0 Å². The van der Waals surface area contributed by atoms with Gasteiger partial charge in [-0.3, -0.25) is 4.79 Å². The summed E-state index contributed by atoms with van der Waals surface area (Å²) < 4.78 is 1.25. The molecule has 1 aromatic carbocycles. The molecule has 118 valence electrons. The minimum absolute atomic E-state index is 0.166. The highest BCUT2D eigenvalue weighted by molar-refractivity contribution is 14.1.